The van der Waals surface area contributed by atoms with Gasteiger partial charge in [0.25, 0.3) is 0 Å². The minimum Gasteiger partial charge on any atom is -0.465 e. The number of fused-ring (bicyclic) bond motifs is 1. The summed E-state index contributed by atoms with van der Waals surface area (Å²) in [6.45, 7) is 0. The van der Waals surface area contributed by atoms with Gasteiger partial charge in [-0.1, -0.05) is 35.5 Å². The fraction of sp³-hybridized carbons (Fsp3) is 0.105. The number of thioether (sulfide) groups is 1. The molecule has 0 saturated carbocycles. The zero-order valence-corrected chi connectivity index (χ0v) is 16.1. The molecule has 144 valence electrons. The third-order valence-corrected chi connectivity index (χ3v) is 5.05. The molecule has 0 spiro atoms. The van der Waals surface area contributed by atoms with E-state index in [0.29, 0.717) is 10.5 Å². The molecule has 0 unspecified atom stereocenters. The van der Waals surface area contributed by atoms with Crippen LogP contribution in [0.25, 0.3) is 10.9 Å². The van der Waals surface area contributed by atoms with E-state index in [1.54, 1.807) is 18.2 Å². The quantitative estimate of drug-likeness (QED) is 0.483. The molecule has 0 aliphatic heterocycles. The summed E-state index contributed by atoms with van der Waals surface area (Å²) >= 11 is 6.86. The molecular formula is C19H14ClFN2O4S. The number of aromatic nitrogens is 1. The summed E-state index contributed by atoms with van der Waals surface area (Å²) in [4.78, 5) is 40.0. The minimum atomic E-state index is -0.833. The van der Waals surface area contributed by atoms with Crippen molar-refractivity contribution in [1.29, 1.82) is 0 Å². The first kappa shape index (κ1) is 19.9. The third-order valence-electron chi connectivity index (χ3n) is 3.81. The number of anilines is 1. The lowest BCUT2D eigenvalue weighted by Crippen LogP contribution is -2.20. The second kappa shape index (κ2) is 8.45. The summed E-state index contributed by atoms with van der Waals surface area (Å²) in [6, 6.07) is 10.4. The summed E-state index contributed by atoms with van der Waals surface area (Å²) < 4.78 is 18.3. The largest absolute Gasteiger partial charge is 0.465 e. The number of halogens is 2. The Morgan fingerprint density at radius 1 is 1.25 bits per heavy atom. The molecule has 3 aromatic rings. The molecule has 1 amide bonds. The number of carbonyl (C=O) groups is 2. The van der Waals surface area contributed by atoms with Crippen LogP contribution in [0.2, 0.25) is 5.02 Å². The van der Waals surface area contributed by atoms with Gasteiger partial charge in [0.1, 0.15) is 11.4 Å². The van der Waals surface area contributed by atoms with Crippen LogP contribution in [-0.2, 0) is 9.53 Å². The Labute approximate surface area is 168 Å². The first-order chi connectivity index (χ1) is 13.4. The number of amides is 1. The predicted octanol–water partition coefficient (Wildman–Crippen LogP) is 3.84. The predicted molar refractivity (Wildman–Crippen MR) is 107 cm³/mol. The van der Waals surface area contributed by atoms with Crippen molar-refractivity contribution in [3.8, 4) is 0 Å². The van der Waals surface area contributed by atoms with Gasteiger partial charge in [-0.3, -0.25) is 9.59 Å². The van der Waals surface area contributed by atoms with E-state index in [1.165, 1.54) is 24.3 Å². The summed E-state index contributed by atoms with van der Waals surface area (Å²) in [5.41, 5.74) is -0.275. The van der Waals surface area contributed by atoms with Gasteiger partial charge in [0.15, 0.2) is 0 Å². The lowest BCUT2D eigenvalue weighted by molar-refractivity contribution is -0.113. The summed E-state index contributed by atoms with van der Waals surface area (Å²) in [6.07, 6.45) is 0. The van der Waals surface area contributed by atoms with Crippen molar-refractivity contribution >= 4 is 51.8 Å². The Morgan fingerprint density at radius 2 is 2.00 bits per heavy atom. The van der Waals surface area contributed by atoms with Gasteiger partial charge in [-0.2, -0.15) is 0 Å². The van der Waals surface area contributed by atoms with Crippen LogP contribution in [0.3, 0.4) is 0 Å². The van der Waals surface area contributed by atoms with E-state index in [9.17, 15) is 18.8 Å². The number of benzene rings is 2. The standard InChI is InChI=1S/C19H14ClFN2O4S/c1-27-19(26)16-17(25)11-8-10(20)6-7-13(11)23-18(16)28-9-15(24)22-14-5-3-2-4-12(14)21/h2-8H,9H2,1H3,(H,22,24)(H,23,25). The highest BCUT2D eigenvalue weighted by Crippen LogP contribution is 2.24. The number of hydrogen-bond acceptors (Lipinski definition) is 5. The fourth-order valence-corrected chi connectivity index (χ4v) is 3.54. The number of rotatable bonds is 5. The fourth-order valence-electron chi connectivity index (χ4n) is 2.52. The summed E-state index contributed by atoms with van der Waals surface area (Å²) in [7, 11) is 1.16. The van der Waals surface area contributed by atoms with Crippen LogP contribution in [0.5, 0.6) is 0 Å². The normalized spacial score (nSPS) is 10.7. The molecule has 1 aromatic heterocycles. The molecule has 0 bridgehead atoms. The summed E-state index contributed by atoms with van der Waals surface area (Å²) in [5, 5.41) is 3.19. The van der Waals surface area contributed by atoms with Gasteiger partial charge in [-0.25, -0.2) is 9.18 Å². The number of esters is 1. The Balaban J connectivity index is 1.90. The second-order valence-electron chi connectivity index (χ2n) is 5.66. The molecule has 0 atom stereocenters. The van der Waals surface area contributed by atoms with E-state index in [2.05, 4.69) is 10.3 Å². The smallest absolute Gasteiger partial charge is 0.344 e. The molecule has 6 nitrogen and oxygen atoms in total. The zero-order valence-electron chi connectivity index (χ0n) is 14.5. The number of H-pyrrole nitrogens is 1. The van der Waals surface area contributed by atoms with Gasteiger partial charge in [0, 0.05) is 10.4 Å². The summed E-state index contributed by atoms with van der Waals surface area (Å²) in [5.74, 6) is -2.05. The highest BCUT2D eigenvalue weighted by Gasteiger charge is 2.21. The van der Waals surface area contributed by atoms with Crippen molar-refractivity contribution < 1.29 is 18.7 Å². The molecule has 3 rings (SSSR count). The molecule has 0 saturated heterocycles. The number of ether oxygens (including phenoxy) is 1. The zero-order chi connectivity index (χ0) is 20.3. The third kappa shape index (κ3) is 4.18. The molecular weight excluding hydrogens is 407 g/mol. The van der Waals surface area contributed by atoms with E-state index < -0.39 is 23.1 Å². The molecule has 1 heterocycles. The van der Waals surface area contributed by atoms with Crippen LogP contribution in [0, 0.1) is 5.82 Å². The SMILES string of the molecule is COC(=O)c1c(SCC(=O)Nc2ccccc2F)[nH]c2ccc(Cl)cc2c1=O. The van der Waals surface area contributed by atoms with E-state index in [-0.39, 0.29) is 27.4 Å². The van der Waals surface area contributed by atoms with Crippen molar-refractivity contribution in [3.05, 3.63) is 69.1 Å². The number of pyridine rings is 1. The van der Waals surface area contributed by atoms with Gasteiger partial charge in [-0.15, -0.1) is 0 Å². The van der Waals surface area contributed by atoms with Crippen molar-refractivity contribution in [2.75, 3.05) is 18.2 Å². The number of nitrogens with one attached hydrogen (secondary N) is 2. The van der Waals surface area contributed by atoms with Crippen LogP contribution in [0.15, 0.2) is 52.3 Å². The Kier molecular flexibility index (Phi) is 6.01. The van der Waals surface area contributed by atoms with Gasteiger partial charge >= 0.3 is 5.97 Å². The first-order valence-corrected chi connectivity index (χ1v) is 9.38. The molecule has 0 radical (unpaired) electrons. The van der Waals surface area contributed by atoms with E-state index >= 15 is 0 Å². The van der Waals surface area contributed by atoms with Gasteiger partial charge in [0.05, 0.1) is 29.1 Å². The van der Waals surface area contributed by atoms with Crippen LogP contribution in [0.4, 0.5) is 10.1 Å². The molecule has 0 aliphatic rings. The van der Waals surface area contributed by atoms with Crippen LogP contribution < -0.4 is 10.7 Å². The maximum atomic E-state index is 13.6. The molecule has 2 N–H and O–H groups in total. The van der Waals surface area contributed by atoms with E-state index in [1.807, 2.05) is 0 Å². The molecule has 9 heteroatoms. The number of carbonyl (C=O) groups excluding carboxylic acids is 2. The Hall–Kier alpha value is -2.84. The van der Waals surface area contributed by atoms with Crippen LogP contribution in [0.1, 0.15) is 10.4 Å². The molecule has 2 aromatic carbocycles. The van der Waals surface area contributed by atoms with Gasteiger partial charge < -0.3 is 15.0 Å². The molecule has 0 aliphatic carbocycles. The lowest BCUT2D eigenvalue weighted by Gasteiger charge is -2.10. The van der Waals surface area contributed by atoms with Gasteiger partial charge in [0.2, 0.25) is 11.3 Å². The van der Waals surface area contributed by atoms with Crippen molar-refractivity contribution in [2.24, 2.45) is 0 Å². The number of hydrogen-bond donors (Lipinski definition) is 2. The van der Waals surface area contributed by atoms with Crippen LogP contribution >= 0.6 is 23.4 Å². The number of para-hydroxylation sites is 1. The first-order valence-electron chi connectivity index (χ1n) is 8.01. The Bertz CT molecular complexity index is 1130. The maximum absolute atomic E-state index is 13.6. The minimum absolute atomic E-state index is 0.0444. The van der Waals surface area contributed by atoms with Crippen molar-refractivity contribution in [1.82, 2.24) is 4.98 Å². The number of methoxy groups -OCH3 is 1. The van der Waals surface area contributed by atoms with Crippen molar-refractivity contribution in [3.63, 3.8) is 0 Å². The van der Waals surface area contributed by atoms with Crippen molar-refractivity contribution in [2.45, 2.75) is 5.03 Å². The monoisotopic (exact) mass is 420 g/mol. The maximum Gasteiger partial charge on any atom is 0.344 e. The molecule has 28 heavy (non-hydrogen) atoms. The van der Waals surface area contributed by atoms with Gasteiger partial charge in [-0.05, 0) is 30.3 Å². The average molecular weight is 421 g/mol. The number of aromatic amines is 1. The average Bonchev–Trinajstić information content (AvgIpc) is 2.68. The topological polar surface area (TPSA) is 88.3 Å². The van der Waals surface area contributed by atoms with E-state index in [4.69, 9.17) is 16.3 Å². The highest BCUT2D eigenvalue weighted by molar-refractivity contribution is 8.00. The highest BCUT2D eigenvalue weighted by atomic mass is 35.5. The van der Waals surface area contributed by atoms with E-state index in [0.717, 1.165) is 18.9 Å². The molecule has 0 fully saturated rings. The van der Waals surface area contributed by atoms with Crippen LogP contribution in [-0.4, -0.2) is 29.7 Å². The Morgan fingerprint density at radius 3 is 2.71 bits per heavy atom. The lowest BCUT2D eigenvalue weighted by atomic mass is 10.1. The second-order valence-corrected chi connectivity index (χ2v) is 7.08.